The number of hydrogen-bond donors (Lipinski definition) is 0. The van der Waals surface area contributed by atoms with Crippen molar-refractivity contribution >= 4 is 0 Å². The number of methoxy groups -OCH3 is 2. The summed E-state index contributed by atoms with van der Waals surface area (Å²) in [6, 6.07) is 22.6. The molecule has 0 aliphatic rings. The minimum atomic E-state index is -4.94. The lowest BCUT2D eigenvalue weighted by molar-refractivity contribution is -2.00. The Morgan fingerprint density at radius 3 is 1.36 bits per heavy atom. The van der Waals surface area contributed by atoms with E-state index in [1.165, 1.54) is 11.1 Å². The molecule has 2 aromatic carbocycles. The highest BCUT2D eigenvalue weighted by atomic mass is 35.7. The van der Waals surface area contributed by atoms with Crippen molar-refractivity contribution in [3.8, 4) is 11.5 Å². The van der Waals surface area contributed by atoms with E-state index in [1.807, 2.05) is 42.5 Å². The van der Waals surface area contributed by atoms with Gasteiger partial charge in [0.2, 0.25) is 6.04 Å². The summed E-state index contributed by atoms with van der Waals surface area (Å²) in [5.41, 5.74) is 2.40. The van der Waals surface area contributed by atoms with E-state index in [2.05, 4.69) is 41.2 Å². The third kappa shape index (κ3) is 6.80. The van der Waals surface area contributed by atoms with Crippen LogP contribution in [0, 0.1) is 10.2 Å². The molecule has 0 fully saturated rings. The minimum Gasteiger partial charge on any atom is -0.497 e. The highest BCUT2D eigenvalue weighted by Gasteiger charge is 2.23. The number of ether oxygens (including phenoxy) is 2. The van der Waals surface area contributed by atoms with Gasteiger partial charge in [0.1, 0.15) is 11.5 Å². The SMILES string of the molecule is COc1ccc(C(c2ccc(OC)cc2)[n+]2ccccc2)cc1.[O-][Cl+3]([O-])([O-])[O-]. The van der Waals surface area contributed by atoms with Gasteiger partial charge < -0.3 is 9.47 Å². The fourth-order valence-corrected chi connectivity index (χ4v) is 2.69. The Morgan fingerprint density at radius 1 is 0.679 bits per heavy atom. The second-order valence-electron chi connectivity index (χ2n) is 5.65. The fourth-order valence-electron chi connectivity index (χ4n) is 2.69. The number of benzene rings is 2. The van der Waals surface area contributed by atoms with Crippen molar-refractivity contribution < 1.29 is 42.9 Å². The van der Waals surface area contributed by atoms with Crippen molar-refractivity contribution in [3.05, 3.63) is 90.3 Å². The Bertz CT molecular complexity index is 782. The zero-order valence-electron chi connectivity index (χ0n) is 15.4. The van der Waals surface area contributed by atoms with E-state index in [9.17, 15) is 0 Å². The summed E-state index contributed by atoms with van der Waals surface area (Å²) in [4.78, 5) is 0. The molecule has 0 N–H and O–H groups in total. The second-order valence-corrected chi connectivity index (χ2v) is 6.41. The summed E-state index contributed by atoms with van der Waals surface area (Å²) in [5, 5.41) is 0. The van der Waals surface area contributed by atoms with E-state index in [0.29, 0.717) is 0 Å². The predicted molar refractivity (Wildman–Crippen MR) is 89.9 cm³/mol. The molecule has 0 atom stereocenters. The van der Waals surface area contributed by atoms with E-state index in [0.717, 1.165) is 11.5 Å². The first-order valence-electron chi connectivity index (χ1n) is 8.17. The molecule has 3 aromatic rings. The second kappa shape index (κ2) is 10.0. The molecule has 0 spiro atoms. The Balaban J connectivity index is 0.000000500. The third-order valence-electron chi connectivity index (χ3n) is 3.90. The smallest absolute Gasteiger partial charge is 0.208 e. The normalized spacial score (nSPS) is 10.8. The van der Waals surface area contributed by atoms with Crippen molar-refractivity contribution in [2.24, 2.45) is 0 Å². The molecule has 28 heavy (non-hydrogen) atoms. The van der Waals surface area contributed by atoms with Gasteiger partial charge in [0, 0.05) is 23.3 Å². The van der Waals surface area contributed by atoms with Gasteiger partial charge in [0.15, 0.2) is 12.4 Å². The van der Waals surface area contributed by atoms with Crippen LogP contribution >= 0.6 is 0 Å². The van der Waals surface area contributed by atoms with E-state index >= 15 is 0 Å². The molecule has 0 bridgehead atoms. The maximum Gasteiger partial charge on any atom is 0.208 e. The molecular formula is C20H20ClNO6. The topological polar surface area (TPSA) is 115 Å². The number of nitrogens with zero attached hydrogens (tertiary/aromatic N) is 1. The Hall–Kier alpha value is -2.68. The maximum absolute atomic E-state index is 8.49. The van der Waals surface area contributed by atoms with E-state index in [-0.39, 0.29) is 6.04 Å². The van der Waals surface area contributed by atoms with Crippen LogP contribution in [0.1, 0.15) is 17.2 Å². The van der Waals surface area contributed by atoms with Crippen LogP contribution in [0.3, 0.4) is 0 Å². The Morgan fingerprint density at radius 2 is 1.04 bits per heavy atom. The van der Waals surface area contributed by atoms with Gasteiger partial charge in [-0.3, -0.25) is 0 Å². The molecule has 8 heteroatoms. The summed E-state index contributed by atoms with van der Waals surface area (Å²) in [7, 11) is -1.58. The Kier molecular flexibility index (Phi) is 7.74. The summed E-state index contributed by atoms with van der Waals surface area (Å²) < 4.78 is 46.7. The van der Waals surface area contributed by atoms with Crippen LogP contribution in [0.5, 0.6) is 11.5 Å². The molecule has 0 saturated heterocycles. The summed E-state index contributed by atoms with van der Waals surface area (Å²) in [5.74, 6) is 1.72. The molecule has 3 rings (SSSR count). The number of pyridine rings is 1. The highest BCUT2D eigenvalue weighted by Crippen LogP contribution is 2.25. The summed E-state index contributed by atoms with van der Waals surface area (Å²) >= 11 is 0. The van der Waals surface area contributed by atoms with Crippen LogP contribution in [0.25, 0.3) is 0 Å². The van der Waals surface area contributed by atoms with Crippen molar-refractivity contribution in [2.75, 3.05) is 14.2 Å². The quantitative estimate of drug-likeness (QED) is 0.496. The lowest BCUT2D eigenvalue weighted by Gasteiger charge is -2.17. The van der Waals surface area contributed by atoms with Crippen molar-refractivity contribution in [2.45, 2.75) is 6.04 Å². The summed E-state index contributed by atoms with van der Waals surface area (Å²) in [6.45, 7) is 0. The zero-order valence-corrected chi connectivity index (χ0v) is 16.1. The molecule has 0 aliphatic carbocycles. The lowest BCUT2D eigenvalue weighted by atomic mass is 9.98. The van der Waals surface area contributed by atoms with Crippen LogP contribution in [0.4, 0.5) is 0 Å². The first kappa shape index (κ1) is 21.6. The fraction of sp³-hybridized carbons (Fsp3) is 0.150. The van der Waals surface area contributed by atoms with Gasteiger partial charge >= 0.3 is 0 Å². The van der Waals surface area contributed by atoms with Crippen molar-refractivity contribution in [3.63, 3.8) is 0 Å². The predicted octanol–water partition coefficient (Wildman–Crippen LogP) is -1.13. The Labute approximate surface area is 165 Å². The van der Waals surface area contributed by atoms with E-state index < -0.39 is 10.2 Å². The average Bonchev–Trinajstić information content (AvgIpc) is 2.69. The first-order chi connectivity index (χ1) is 13.3. The van der Waals surface area contributed by atoms with Gasteiger partial charge in [-0.05, 0) is 48.5 Å². The largest absolute Gasteiger partial charge is 0.497 e. The van der Waals surface area contributed by atoms with E-state index in [4.69, 9.17) is 28.1 Å². The van der Waals surface area contributed by atoms with Gasteiger partial charge in [0.25, 0.3) is 0 Å². The molecule has 0 aliphatic heterocycles. The monoisotopic (exact) mass is 405 g/mol. The molecule has 0 saturated carbocycles. The average molecular weight is 406 g/mol. The van der Waals surface area contributed by atoms with Crippen LogP contribution in [-0.4, -0.2) is 14.2 Å². The number of aromatic nitrogens is 1. The number of halogens is 1. The van der Waals surface area contributed by atoms with Gasteiger partial charge in [-0.15, -0.1) is 10.2 Å². The molecule has 7 nitrogen and oxygen atoms in total. The molecule has 0 amide bonds. The van der Waals surface area contributed by atoms with Gasteiger partial charge in [-0.2, -0.15) is 4.57 Å². The standard InChI is InChI=1S/C20H20NO2.ClHO4/c1-22-18-10-6-16(7-11-18)20(21-14-4-3-5-15-21)17-8-12-19(23-2)13-9-17;2-1(3,4)5/h3-15,20H,1-2H3;(H,2,3,4,5)/q+1;/p-1. The molecule has 1 heterocycles. The maximum atomic E-state index is 8.49. The zero-order chi connectivity index (χ0) is 20.6. The summed E-state index contributed by atoms with van der Waals surface area (Å²) in [6.07, 6.45) is 4.16. The third-order valence-corrected chi connectivity index (χ3v) is 3.90. The minimum absolute atomic E-state index is 0.105. The van der Waals surface area contributed by atoms with Crippen molar-refractivity contribution in [1.82, 2.24) is 0 Å². The van der Waals surface area contributed by atoms with Crippen LogP contribution in [-0.2, 0) is 0 Å². The highest BCUT2D eigenvalue weighted by molar-refractivity contribution is 5.36. The van der Waals surface area contributed by atoms with Crippen LogP contribution < -0.4 is 32.7 Å². The molecule has 148 valence electrons. The van der Waals surface area contributed by atoms with E-state index in [1.54, 1.807) is 14.2 Å². The number of rotatable bonds is 5. The van der Waals surface area contributed by atoms with Crippen LogP contribution in [0.2, 0.25) is 0 Å². The first-order valence-corrected chi connectivity index (χ1v) is 9.40. The van der Waals surface area contributed by atoms with Gasteiger partial charge in [-0.25, -0.2) is 18.6 Å². The van der Waals surface area contributed by atoms with Gasteiger partial charge in [-0.1, -0.05) is 6.07 Å². The van der Waals surface area contributed by atoms with Crippen LogP contribution in [0.15, 0.2) is 79.1 Å². The van der Waals surface area contributed by atoms with Crippen molar-refractivity contribution in [1.29, 1.82) is 0 Å². The molecule has 1 aromatic heterocycles. The molecule has 0 radical (unpaired) electrons. The van der Waals surface area contributed by atoms with Gasteiger partial charge in [0.05, 0.1) is 14.2 Å². The number of hydrogen-bond acceptors (Lipinski definition) is 6. The lowest BCUT2D eigenvalue weighted by Crippen LogP contribution is -2.68. The molecular weight excluding hydrogens is 386 g/mol. The molecule has 0 unspecified atom stereocenters.